The maximum absolute atomic E-state index is 14.1. The lowest BCUT2D eigenvalue weighted by molar-refractivity contribution is -0.134. The van der Waals surface area contributed by atoms with Crippen molar-refractivity contribution in [3.05, 3.63) is 114 Å². The number of thioether (sulfide) groups is 1. The van der Waals surface area contributed by atoms with Crippen LogP contribution in [0.25, 0.3) is 11.1 Å². The summed E-state index contributed by atoms with van der Waals surface area (Å²) in [5, 5.41) is 1.66. The number of methoxy groups -OCH3 is 1. The molecule has 9 heteroatoms. The molecule has 0 radical (unpaired) electrons. The maximum atomic E-state index is 14.1. The second kappa shape index (κ2) is 14.5. The van der Waals surface area contributed by atoms with E-state index in [1.807, 2.05) is 98.1 Å². The van der Waals surface area contributed by atoms with Crippen molar-refractivity contribution in [1.82, 2.24) is 10.2 Å². The molecule has 0 bridgehead atoms. The Morgan fingerprint density at radius 1 is 0.977 bits per heavy atom. The van der Waals surface area contributed by atoms with Crippen molar-refractivity contribution < 1.29 is 28.6 Å². The first-order valence-corrected chi connectivity index (χ1v) is 15.4. The van der Waals surface area contributed by atoms with Gasteiger partial charge in [0.25, 0.3) is 5.24 Å². The van der Waals surface area contributed by atoms with Gasteiger partial charge in [0.2, 0.25) is 11.8 Å². The molecule has 3 aromatic rings. The number of allylic oxidation sites excluding steroid dienone is 3. The number of carbonyl (C=O) groups is 3. The minimum atomic E-state index is -0.816. The average Bonchev–Trinajstić information content (AvgIpc) is 3.37. The van der Waals surface area contributed by atoms with Crippen molar-refractivity contribution in [3.63, 3.8) is 0 Å². The van der Waals surface area contributed by atoms with Crippen LogP contribution in [0.3, 0.4) is 0 Å². The van der Waals surface area contributed by atoms with E-state index in [1.54, 1.807) is 12.0 Å². The van der Waals surface area contributed by atoms with Gasteiger partial charge < -0.3 is 19.1 Å². The third kappa shape index (κ3) is 7.48. The summed E-state index contributed by atoms with van der Waals surface area (Å²) in [4.78, 5) is 39.3. The predicted molar refractivity (Wildman–Crippen MR) is 171 cm³/mol. The summed E-state index contributed by atoms with van der Waals surface area (Å²) in [6.45, 7) is 1.54. The molecule has 8 nitrogen and oxygen atoms in total. The summed E-state index contributed by atoms with van der Waals surface area (Å²) in [5.41, 5.74) is 4.16. The molecular weight excluding hydrogens is 576 g/mol. The molecule has 1 saturated heterocycles. The highest BCUT2D eigenvalue weighted by Gasteiger charge is 2.39. The Balaban J connectivity index is 1.25. The van der Waals surface area contributed by atoms with E-state index in [-0.39, 0.29) is 29.1 Å². The molecule has 44 heavy (non-hydrogen) atoms. The van der Waals surface area contributed by atoms with Gasteiger partial charge in [0.05, 0.1) is 23.9 Å². The van der Waals surface area contributed by atoms with Crippen LogP contribution in [0, 0.1) is 0 Å². The highest BCUT2D eigenvalue weighted by atomic mass is 32.2. The molecule has 0 aromatic heterocycles. The van der Waals surface area contributed by atoms with Gasteiger partial charge in [0.15, 0.2) is 6.79 Å². The average molecular weight is 613 g/mol. The number of benzene rings is 3. The Hall–Kier alpha value is -4.18. The predicted octanol–water partition coefficient (Wildman–Crippen LogP) is 5.66. The maximum Gasteiger partial charge on any atom is 0.286 e. The lowest BCUT2D eigenvalue weighted by Crippen LogP contribution is -2.44. The molecule has 1 aliphatic carbocycles. The zero-order valence-electron chi connectivity index (χ0n) is 24.9. The Morgan fingerprint density at radius 2 is 1.77 bits per heavy atom. The molecule has 0 spiro atoms. The number of hydrogen-bond acceptors (Lipinski definition) is 7. The first-order chi connectivity index (χ1) is 21.4. The molecule has 3 aromatic carbocycles. The molecule has 228 valence electrons. The molecule has 2 atom stereocenters. The normalized spacial score (nSPS) is 19.2. The zero-order valence-corrected chi connectivity index (χ0v) is 25.7. The highest BCUT2D eigenvalue weighted by Crippen LogP contribution is 2.36. The van der Waals surface area contributed by atoms with E-state index in [9.17, 15) is 14.4 Å². The Labute approximate surface area is 262 Å². The van der Waals surface area contributed by atoms with Crippen LogP contribution < -0.4 is 10.1 Å². The van der Waals surface area contributed by atoms with Crippen molar-refractivity contribution in [3.8, 4) is 16.9 Å². The van der Waals surface area contributed by atoms with Crippen LogP contribution in [0.1, 0.15) is 23.1 Å². The third-order valence-corrected chi connectivity index (χ3v) is 8.71. The Morgan fingerprint density at radius 3 is 2.45 bits per heavy atom. The van der Waals surface area contributed by atoms with Crippen molar-refractivity contribution in [2.45, 2.75) is 30.1 Å². The van der Waals surface area contributed by atoms with Gasteiger partial charge in [0.1, 0.15) is 5.75 Å². The second-order valence-electron chi connectivity index (χ2n) is 10.8. The number of nitrogens with one attached hydrogen (secondary N) is 1. The molecule has 1 heterocycles. The Kier molecular flexibility index (Phi) is 10.3. The van der Waals surface area contributed by atoms with Crippen molar-refractivity contribution in [2.75, 3.05) is 34.2 Å². The number of carbonyl (C=O) groups excluding carboxylic acids is 3. The van der Waals surface area contributed by atoms with E-state index in [2.05, 4.69) is 11.4 Å². The molecule has 0 saturated carbocycles. The van der Waals surface area contributed by atoms with Crippen molar-refractivity contribution in [2.24, 2.45) is 0 Å². The summed E-state index contributed by atoms with van der Waals surface area (Å²) in [5.74, 6) is 0.444. The van der Waals surface area contributed by atoms with E-state index in [1.165, 1.54) is 0 Å². The molecule has 1 aliphatic heterocycles. The van der Waals surface area contributed by atoms with Crippen LogP contribution in [-0.4, -0.2) is 61.4 Å². The Bertz CT molecular complexity index is 1540. The molecule has 1 N–H and O–H groups in total. The smallest absolute Gasteiger partial charge is 0.286 e. The topological polar surface area (TPSA) is 94.2 Å². The molecular formula is C35H36N2O6S. The largest absolute Gasteiger partial charge is 0.468 e. The summed E-state index contributed by atoms with van der Waals surface area (Å²) < 4.78 is 16.0. The van der Waals surface area contributed by atoms with Crippen LogP contribution in [0.4, 0.5) is 4.79 Å². The lowest BCUT2D eigenvalue weighted by atomic mass is 9.74. The van der Waals surface area contributed by atoms with Crippen LogP contribution in [0.2, 0.25) is 0 Å². The third-order valence-electron chi connectivity index (χ3n) is 7.73. The van der Waals surface area contributed by atoms with Crippen LogP contribution in [0.5, 0.6) is 5.75 Å². The van der Waals surface area contributed by atoms with Crippen LogP contribution in [-0.2, 0) is 37.4 Å². The van der Waals surface area contributed by atoms with Crippen molar-refractivity contribution >= 4 is 28.8 Å². The number of ether oxygens (including phenoxy) is 3. The lowest BCUT2D eigenvalue weighted by Gasteiger charge is -2.34. The quantitative estimate of drug-likeness (QED) is 0.197. The van der Waals surface area contributed by atoms with Gasteiger partial charge in [-0.25, -0.2) is 0 Å². The van der Waals surface area contributed by atoms with Gasteiger partial charge in [-0.3, -0.25) is 19.7 Å². The molecule has 1 fully saturated rings. The van der Waals surface area contributed by atoms with Gasteiger partial charge in [-0.15, -0.1) is 0 Å². The van der Waals surface area contributed by atoms with Gasteiger partial charge in [-0.1, -0.05) is 90.7 Å². The van der Waals surface area contributed by atoms with E-state index in [0.717, 1.165) is 39.6 Å². The summed E-state index contributed by atoms with van der Waals surface area (Å²) in [6.07, 6.45) is 8.98. The number of imide groups is 1. The van der Waals surface area contributed by atoms with Gasteiger partial charge in [-0.05, 0) is 58.9 Å². The summed E-state index contributed by atoms with van der Waals surface area (Å²) in [6, 6.07) is 23.8. The minimum Gasteiger partial charge on any atom is -0.468 e. The van der Waals surface area contributed by atoms with E-state index in [0.29, 0.717) is 38.3 Å². The number of amides is 3. The SMILES string of the molecule is COCCOCOc1ccc(C2(C(=O)N(C)Cc3cccc(-c4ccc(CC5SC(=O)NC5=O)cc4)c3)C=CC=CC2)cc1. The first-order valence-electron chi connectivity index (χ1n) is 14.5. The van der Waals surface area contributed by atoms with Crippen molar-refractivity contribution in [1.29, 1.82) is 0 Å². The number of hydrogen-bond donors (Lipinski definition) is 1. The molecule has 2 aliphatic rings. The fourth-order valence-electron chi connectivity index (χ4n) is 5.39. The first kappa shape index (κ1) is 31.3. The van der Waals surface area contributed by atoms with E-state index in [4.69, 9.17) is 14.2 Å². The standard InChI is InChI=1S/C35H36N2O6S/c1-37(33(39)35(17-4-3-5-18-35)29-13-15-30(16-14-29)43-24-42-20-19-41-2)23-26-7-6-8-28(21-26)27-11-9-25(10-12-27)22-31-32(38)36-34(40)44-31/h3-17,21,31H,18-20,22-24H2,1-2H3,(H,36,38,40). The summed E-state index contributed by atoms with van der Waals surface area (Å²) >= 11 is 1.04. The number of nitrogens with zero attached hydrogens (tertiary/aromatic N) is 1. The van der Waals surface area contributed by atoms with Crippen LogP contribution in [0.15, 0.2) is 97.1 Å². The highest BCUT2D eigenvalue weighted by molar-refractivity contribution is 8.15. The van der Waals surface area contributed by atoms with Crippen LogP contribution >= 0.6 is 11.8 Å². The fourth-order valence-corrected chi connectivity index (χ4v) is 6.25. The minimum absolute atomic E-state index is 0.0109. The van der Waals surface area contributed by atoms with Gasteiger partial charge >= 0.3 is 0 Å². The van der Waals surface area contributed by atoms with Gasteiger partial charge in [0, 0.05) is 20.7 Å². The summed E-state index contributed by atoms with van der Waals surface area (Å²) in [7, 11) is 3.46. The number of rotatable bonds is 13. The molecule has 5 rings (SSSR count). The molecule has 2 unspecified atom stereocenters. The van der Waals surface area contributed by atoms with Gasteiger partial charge in [-0.2, -0.15) is 0 Å². The van der Waals surface area contributed by atoms with E-state index >= 15 is 0 Å². The second-order valence-corrected chi connectivity index (χ2v) is 12.0. The number of likely N-dealkylation sites (N-methyl/N-ethyl adjacent to an activating group) is 1. The monoisotopic (exact) mass is 612 g/mol. The van der Waals surface area contributed by atoms with E-state index < -0.39 is 5.41 Å². The zero-order chi connectivity index (χ0) is 30.9. The fraction of sp³-hybridized carbons (Fsp3) is 0.286. The molecule has 3 amide bonds.